The summed E-state index contributed by atoms with van der Waals surface area (Å²) >= 11 is 0. The van der Waals surface area contributed by atoms with Crippen molar-refractivity contribution in [3.05, 3.63) is 69.8 Å². The van der Waals surface area contributed by atoms with Gasteiger partial charge in [0.05, 0.1) is 23.3 Å². The van der Waals surface area contributed by atoms with Crippen LogP contribution >= 0.6 is 0 Å². The first-order valence-corrected chi connectivity index (χ1v) is 11.6. The number of nitrogens with zero attached hydrogens (tertiary/aromatic N) is 4. The van der Waals surface area contributed by atoms with Crippen LogP contribution in [0.2, 0.25) is 0 Å². The number of nitrogens with two attached hydrogens (primary N) is 2. The van der Waals surface area contributed by atoms with Crippen LogP contribution in [0.25, 0.3) is 6.08 Å². The Morgan fingerprint density at radius 2 is 1.97 bits per heavy atom. The number of aliphatic imine (C=N–C) groups is 1. The minimum Gasteiger partial charge on any atom is -0.502 e. The summed E-state index contributed by atoms with van der Waals surface area (Å²) in [6.07, 6.45) is 5.24. The zero-order chi connectivity index (χ0) is 26.2. The maximum absolute atomic E-state index is 11.6. The first kappa shape index (κ1) is 26.2. The van der Waals surface area contributed by atoms with Crippen molar-refractivity contribution in [1.82, 2.24) is 4.90 Å². The summed E-state index contributed by atoms with van der Waals surface area (Å²) in [6.45, 7) is 3.25. The summed E-state index contributed by atoms with van der Waals surface area (Å²) in [5, 5.41) is 29.2. The van der Waals surface area contributed by atoms with Crippen LogP contribution in [0.4, 0.5) is 11.4 Å². The third kappa shape index (κ3) is 6.81. The number of amides is 1. The van der Waals surface area contributed by atoms with Crippen LogP contribution < -0.4 is 16.4 Å². The van der Waals surface area contributed by atoms with Crippen LogP contribution in [0.15, 0.2) is 53.5 Å². The topological polar surface area (TPSA) is 175 Å². The molecule has 190 valence electrons. The number of carbonyl (C=O) groups is 1. The third-order valence-electron chi connectivity index (χ3n) is 5.94. The van der Waals surface area contributed by atoms with Crippen molar-refractivity contribution < 1.29 is 14.8 Å². The fourth-order valence-electron chi connectivity index (χ4n) is 4.12. The largest absolute Gasteiger partial charge is 0.502 e. The van der Waals surface area contributed by atoms with E-state index in [1.54, 1.807) is 13.0 Å². The zero-order valence-electron chi connectivity index (χ0n) is 20.1. The second-order valence-electron chi connectivity index (χ2n) is 8.59. The molecule has 36 heavy (non-hydrogen) atoms. The number of anilines is 1. The Morgan fingerprint density at radius 1 is 1.28 bits per heavy atom. The molecular formula is C25H31N7O4. The molecule has 2 aromatic carbocycles. The smallest absolute Gasteiger partial charge is 0.333 e. The van der Waals surface area contributed by atoms with Crippen molar-refractivity contribution in [2.75, 3.05) is 31.1 Å². The summed E-state index contributed by atoms with van der Waals surface area (Å²) < 4.78 is 0. The predicted molar refractivity (Wildman–Crippen MR) is 140 cm³/mol. The molecule has 11 heteroatoms. The molecule has 1 amide bonds. The molecule has 1 aliphatic heterocycles. The lowest BCUT2D eigenvalue weighted by molar-refractivity contribution is -0.385. The number of nitro groups is 1. The average Bonchev–Trinajstić information content (AvgIpc) is 2.83. The molecule has 0 saturated carbocycles. The normalized spacial score (nSPS) is 14.7. The summed E-state index contributed by atoms with van der Waals surface area (Å²) in [6, 6.07) is 11.8. The maximum atomic E-state index is 11.6. The molecule has 1 fully saturated rings. The average molecular weight is 494 g/mol. The number of carbonyl (C=O) groups excluding carboxylic acids is 1. The number of likely N-dealkylation sites (tertiary alicyclic amines) is 1. The molecule has 0 atom stereocenters. The van der Waals surface area contributed by atoms with Gasteiger partial charge < -0.3 is 26.4 Å². The van der Waals surface area contributed by atoms with E-state index in [-0.39, 0.29) is 24.8 Å². The van der Waals surface area contributed by atoms with Gasteiger partial charge in [-0.15, -0.1) is 0 Å². The lowest BCUT2D eigenvalue weighted by Crippen LogP contribution is -2.38. The SMILES string of the molecule is CC(=N)N1CCC(N=C(N)c2cccc(/C=C/CN(CC(N)=O)c3cccc(O)c3[N+](=O)[O-])c2)CC1. The zero-order valence-corrected chi connectivity index (χ0v) is 20.1. The van der Waals surface area contributed by atoms with Crippen molar-refractivity contribution in [2.45, 2.75) is 25.8 Å². The van der Waals surface area contributed by atoms with Crippen molar-refractivity contribution in [1.29, 1.82) is 5.41 Å². The molecule has 0 spiro atoms. The lowest BCUT2D eigenvalue weighted by atomic mass is 10.0. The summed E-state index contributed by atoms with van der Waals surface area (Å²) in [5.41, 5.74) is 12.9. The summed E-state index contributed by atoms with van der Waals surface area (Å²) in [5.74, 6) is -0.135. The van der Waals surface area contributed by atoms with Gasteiger partial charge in [-0.25, -0.2) is 0 Å². The van der Waals surface area contributed by atoms with Crippen LogP contribution in [-0.2, 0) is 4.79 Å². The van der Waals surface area contributed by atoms with Crippen molar-refractivity contribution in [3.8, 4) is 5.75 Å². The first-order chi connectivity index (χ1) is 17.2. The highest BCUT2D eigenvalue weighted by molar-refractivity contribution is 5.98. The van der Waals surface area contributed by atoms with Gasteiger partial charge in [-0.2, -0.15) is 0 Å². The molecule has 0 bridgehead atoms. The van der Waals surface area contributed by atoms with E-state index in [1.807, 2.05) is 35.2 Å². The number of para-hydroxylation sites is 1. The fourth-order valence-corrected chi connectivity index (χ4v) is 4.12. The second kappa shape index (κ2) is 11.8. The molecule has 0 aromatic heterocycles. The number of nitrogens with one attached hydrogen (secondary N) is 1. The molecular weight excluding hydrogens is 462 g/mol. The van der Waals surface area contributed by atoms with Gasteiger partial charge in [-0.1, -0.05) is 36.4 Å². The Hall–Kier alpha value is -4.41. The van der Waals surface area contributed by atoms with Crippen molar-refractivity contribution in [2.24, 2.45) is 16.5 Å². The van der Waals surface area contributed by atoms with Crippen LogP contribution in [0.5, 0.6) is 5.75 Å². The number of phenols is 1. The molecule has 0 radical (unpaired) electrons. The quantitative estimate of drug-likeness (QED) is 0.179. The Morgan fingerprint density at radius 3 is 2.61 bits per heavy atom. The van der Waals surface area contributed by atoms with Gasteiger partial charge in [0.25, 0.3) is 0 Å². The number of piperidine rings is 1. The van der Waals surface area contributed by atoms with Gasteiger partial charge >= 0.3 is 5.69 Å². The highest BCUT2D eigenvalue weighted by atomic mass is 16.6. The number of primary amides is 1. The molecule has 1 heterocycles. The Kier molecular flexibility index (Phi) is 8.61. The lowest BCUT2D eigenvalue weighted by Gasteiger charge is -2.31. The van der Waals surface area contributed by atoms with Crippen molar-refractivity contribution >= 4 is 35.0 Å². The molecule has 2 aromatic rings. The Labute approximate surface area is 209 Å². The number of hydrogen-bond donors (Lipinski definition) is 4. The van der Waals surface area contributed by atoms with Gasteiger partial charge in [-0.05, 0) is 43.5 Å². The molecule has 3 rings (SSSR count). The van der Waals surface area contributed by atoms with Gasteiger partial charge in [0.2, 0.25) is 5.91 Å². The van der Waals surface area contributed by atoms with E-state index in [1.165, 1.54) is 23.1 Å². The van der Waals surface area contributed by atoms with Gasteiger partial charge in [0, 0.05) is 25.2 Å². The maximum Gasteiger partial charge on any atom is 0.333 e. The highest BCUT2D eigenvalue weighted by Gasteiger charge is 2.24. The predicted octanol–water partition coefficient (Wildman–Crippen LogP) is 2.47. The number of rotatable bonds is 9. The Balaban J connectivity index is 1.73. The Bertz CT molecular complexity index is 1190. The van der Waals surface area contributed by atoms with E-state index in [0.717, 1.165) is 37.1 Å². The molecule has 11 nitrogen and oxygen atoms in total. The van der Waals surface area contributed by atoms with E-state index in [2.05, 4.69) is 4.99 Å². The first-order valence-electron chi connectivity index (χ1n) is 11.6. The van der Waals surface area contributed by atoms with E-state index in [4.69, 9.17) is 16.9 Å². The van der Waals surface area contributed by atoms with Gasteiger partial charge in [-0.3, -0.25) is 25.3 Å². The second-order valence-corrected chi connectivity index (χ2v) is 8.59. The van der Waals surface area contributed by atoms with Crippen LogP contribution in [0.1, 0.15) is 30.9 Å². The van der Waals surface area contributed by atoms with E-state index in [0.29, 0.717) is 11.7 Å². The number of phenolic OH excluding ortho intramolecular Hbond substituents is 1. The minimum atomic E-state index is -0.690. The van der Waals surface area contributed by atoms with E-state index < -0.39 is 22.3 Å². The number of nitro benzene ring substituents is 1. The standard InChI is InChI=1S/C25H31N7O4/c1-17(26)30-13-10-20(11-14-30)29-25(28)19-7-2-5-18(15-19)6-4-12-31(16-23(27)34)21-8-3-9-22(33)24(21)32(35)36/h2-9,15,20,26,33H,10-14,16H2,1H3,(H2,27,34)(H2,28,29)/b6-4+,26-17?. The van der Waals surface area contributed by atoms with Crippen molar-refractivity contribution in [3.63, 3.8) is 0 Å². The van der Waals surface area contributed by atoms with Crippen LogP contribution in [-0.4, -0.2) is 64.7 Å². The summed E-state index contributed by atoms with van der Waals surface area (Å²) in [4.78, 5) is 30.5. The fraction of sp³-hybridized carbons (Fsp3) is 0.320. The number of amidine groups is 2. The van der Waals surface area contributed by atoms with E-state index in [9.17, 15) is 20.0 Å². The van der Waals surface area contributed by atoms with Crippen LogP contribution in [0, 0.1) is 15.5 Å². The monoisotopic (exact) mass is 493 g/mol. The molecule has 1 saturated heterocycles. The highest BCUT2D eigenvalue weighted by Crippen LogP contribution is 2.36. The molecule has 6 N–H and O–H groups in total. The minimum absolute atomic E-state index is 0.0952. The van der Waals surface area contributed by atoms with Crippen LogP contribution in [0.3, 0.4) is 0 Å². The number of benzene rings is 2. The molecule has 0 aliphatic carbocycles. The van der Waals surface area contributed by atoms with Gasteiger partial charge in [0.1, 0.15) is 11.5 Å². The molecule has 1 aliphatic rings. The number of aromatic hydroxyl groups is 1. The third-order valence-corrected chi connectivity index (χ3v) is 5.94. The van der Waals surface area contributed by atoms with Gasteiger partial charge in [0.15, 0.2) is 5.75 Å². The summed E-state index contributed by atoms with van der Waals surface area (Å²) in [7, 11) is 0. The van der Waals surface area contributed by atoms with E-state index >= 15 is 0 Å². The number of hydrogen-bond acceptors (Lipinski definition) is 7. The molecule has 0 unspecified atom stereocenters.